The molecule has 1 fully saturated rings. The van der Waals surface area contributed by atoms with Gasteiger partial charge in [0.25, 0.3) is 11.5 Å². The van der Waals surface area contributed by atoms with Crippen LogP contribution in [-0.4, -0.2) is 70.2 Å². The highest BCUT2D eigenvalue weighted by atomic mass is 35.5. The number of rotatable bonds is 9. The minimum absolute atomic E-state index is 0.211. The second kappa shape index (κ2) is 11.7. The number of ether oxygens (including phenoxy) is 2. The SMILES string of the molecule is O=C(NCc1cn(-c2ccc(-c3cc[nH]c(=O)c3OCCN3CCOCC3)cc2)nn1)c1ccc(Cl)s1. The topological polar surface area (TPSA) is 114 Å². The van der Waals surface area contributed by atoms with Crippen molar-refractivity contribution in [2.75, 3.05) is 39.5 Å². The Kier molecular flexibility index (Phi) is 7.95. The molecule has 0 spiro atoms. The maximum atomic E-state index is 12.5. The molecule has 4 heterocycles. The lowest BCUT2D eigenvalue weighted by molar-refractivity contribution is 0.0322. The van der Waals surface area contributed by atoms with E-state index in [0.717, 1.165) is 44.1 Å². The number of thiophene rings is 1. The molecule has 0 atom stereocenters. The number of hydrogen-bond acceptors (Lipinski definition) is 8. The Labute approximate surface area is 221 Å². The summed E-state index contributed by atoms with van der Waals surface area (Å²) in [6, 6.07) is 12.8. The fraction of sp³-hybridized carbons (Fsp3) is 0.280. The number of carbonyl (C=O) groups is 1. The van der Waals surface area contributed by atoms with Gasteiger partial charge in [0.1, 0.15) is 12.3 Å². The number of aromatic amines is 1. The van der Waals surface area contributed by atoms with Crippen LogP contribution in [0.3, 0.4) is 0 Å². The first-order valence-corrected chi connectivity index (χ1v) is 13.0. The van der Waals surface area contributed by atoms with Gasteiger partial charge in [0, 0.05) is 31.4 Å². The average molecular weight is 541 g/mol. The van der Waals surface area contributed by atoms with Crippen molar-refractivity contribution in [3.8, 4) is 22.6 Å². The van der Waals surface area contributed by atoms with Crippen molar-refractivity contribution in [3.05, 3.63) is 80.1 Å². The Morgan fingerprint density at radius 1 is 1.16 bits per heavy atom. The van der Waals surface area contributed by atoms with Crippen LogP contribution >= 0.6 is 22.9 Å². The van der Waals surface area contributed by atoms with E-state index in [1.807, 2.05) is 30.3 Å². The van der Waals surface area contributed by atoms with Gasteiger partial charge < -0.3 is 19.8 Å². The van der Waals surface area contributed by atoms with Crippen molar-refractivity contribution < 1.29 is 14.3 Å². The normalized spacial score (nSPS) is 14.0. The summed E-state index contributed by atoms with van der Waals surface area (Å²) < 4.78 is 13.5. The molecule has 1 aliphatic heterocycles. The van der Waals surface area contributed by atoms with Gasteiger partial charge in [0.05, 0.1) is 40.9 Å². The van der Waals surface area contributed by atoms with Gasteiger partial charge in [-0.15, -0.1) is 16.4 Å². The number of H-pyrrole nitrogens is 1. The number of amides is 1. The van der Waals surface area contributed by atoms with E-state index >= 15 is 0 Å². The Balaban J connectivity index is 1.23. The molecule has 4 aromatic rings. The van der Waals surface area contributed by atoms with Gasteiger partial charge in [-0.3, -0.25) is 14.5 Å². The highest BCUT2D eigenvalue weighted by molar-refractivity contribution is 7.17. The maximum Gasteiger partial charge on any atom is 0.290 e. The van der Waals surface area contributed by atoms with Crippen LogP contribution in [0.25, 0.3) is 16.8 Å². The maximum absolute atomic E-state index is 12.5. The van der Waals surface area contributed by atoms with Crippen molar-refractivity contribution in [1.29, 1.82) is 0 Å². The standard InChI is InChI=1S/C25H25ClN6O4S/c26-22-6-5-21(37-22)24(33)28-15-18-16-32(30-29-18)19-3-1-17(2-4-19)20-7-8-27-25(34)23(20)36-14-11-31-9-12-35-13-10-31/h1-8,16H,9-15H2,(H,27,34)(H,28,33). The predicted molar refractivity (Wildman–Crippen MR) is 141 cm³/mol. The Bertz CT molecular complexity index is 1410. The second-order valence-corrected chi connectivity index (χ2v) is 10.1. The van der Waals surface area contributed by atoms with E-state index in [0.29, 0.717) is 32.8 Å². The van der Waals surface area contributed by atoms with Crippen LogP contribution < -0.4 is 15.6 Å². The lowest BCUT2D eigenvalue weighted by Crippen LogP contribution is -2.38. The summed E-state index contributed by atoms with van der Waals surface area (Å²) in [4.78, 5) is 30.2. The minimum Gasteiger partial charge on any atom is -0.486 e. The number of halogens is 1. The first-order valence-electron chi connectivity index (χ1n) is 11.8. The number of nitrogens with one attached hydrogen (secondary N) is 2. The van der Waals surface area contributed by atoms with Gasteiger partial charge in [0.15, 0.2) is 5.75 Å². The lowest BCUT2D eigenvalue weighted by atomic mass is 10.1. The summed E-state index contributed by atoms with van der Waals surface area (Å²) in [6.07, 6.45) is 3.37. The third-order valence-corrected chi connectivity index (χ3v) is 7.11. The first-order chi connectivity index (χ1) is 18.1. The van der Waals surface area contributed by atoms with Gasteiger partial charge in [-0.2, -0.15) is 0 Å². The van der Waals surface area contributed by atoms with E-state index in [1.54, 1.807) is 29.2 Å². The molecule has 192 valence electrons. The van der Waals surface area contributed by atoms with Crippen LogP contribution in [0, 0.1) is 0 Å². The molecule has 1 saturated heterocycles. The highest BCUT2D eigenvalue weighted by Crippen LogP contribution is 2.27. The lowest BCUT2D eigenvalue weighted by Gasteiger charge is -2.26. The number of nitrogens with zero attached hydrogens (tertiary/aromatic N) is 4. The molecule has 0 unspecified atom stereocenters. The Morgan fingerprint density at radius 3 is 2.73 bits per heavy atom. The Hall–Kier alpha value is -3.51. The number of benzene rings is 1. The van der Waals surface area contributed by atoms with Gasteiger partial charge >= 0.3 is 0 Å². The van der Waals surface area contributed by atoms with Crippen LogP contribution in [0.4, 0.5) is 0 Å². The van der Waals surface area contributed by atoms with E-state index in [9.17, 15) is 9.59 Å². The van der Waals surface area contributed by atoms with Crippen LogP contribution in [0.1, 0.15) is 15.4 Å². The quantitative estimate of drug-likeness (QED) is 0.335. The molecule has 0 bridgehead atoms. The van der Waals surface area contributed by atoms with Crippen LogP contribution in [-0.2, 0) is 11.3 Å². The highest BCUT2D eigenvalue weighted by Gasteiger charge is 2.14. The zero-order valence-electron chi connectivity index (χ0n) is 19.9. The van der Waals surface area contributed by atoms with Gasteiger partial charge in [-0.25, -0.2) is 4.68 Å². The minimum atomic E-state index is -0.267. The molecule has 12 heteroatoms. The molecular formula is C25H25ClN6O4S. The summed E-state index contributed by atoms with van der Waals surface area (Å²) in [6.45, 7) is 4.55. The first kappa shape index (κ1) is 25.2. The summed E-state index contributed by atoms with van der Waals surface area (Å²) in [5, 5.41) is 11.1. The molecule has 5 rings (SSSR count). The zero-order valence-corrected chi connectivity index (χ0v) is 21.4. The van der Waals surface area contributed by atoms with E-state index in [1.165, 1.54) is 11.3 Å². The molecule has 3 aromatic heterocycles. The van der Waals surface area contributed by atoms with Gasteiger partial charge in [0.2, 0.25) is 0 Å². The summed E-state index contributed by atoms with van der Waals surface area (Å²) >= 11 is 7.11. The molecule has 0 radical (unpaired) electrons. The van der Waals surface area contributed by atoms with Crippen LogP contribution in [0.15, 0.2) is 59.7 Å². The van der Waals surface area contributed by atoms with Crippen molar-refractivity contribution in [3.63, 3.8) is 0 Å². The van der Waals surface area contributed by atoms with Crippen LogP contribution in [0.5, 0.6) is 5.75 Å². The van der Waals surface area contributed by atoms with E-state index < -0.39 is 0 Å². The number of hydrogen-bond donors (Lipinski definition) is 2. The smallest absolute Gasteiger partial charge is 0.290 e. The molecule has 1 aliphatic rings. The fourth-order valence-corrected chi connectivity index (χ4v) is 4.89. The van der Waals surface area contributed by atoms with Gasteiger partial charge in [-0.1, -0.05) is 28.9 Å². The van der Waals surface area contributed by atoms with E-state index in [2.05, 4.69) is 25.5 Å². The molecule has 1 aromatic carbocycles. The molecule has 0 saturated carbocycles. The molecule has 10 nitrogen and oxygen atoms in total. The third-order valence-electron chi connectivity index (χ3n) is 5.88. The molecule has 1 amide bonds. The van der Waals surface area contributed by atoms with Crippen molar-refractivity contribution in [2.24, 2.45) is 0 Å². The van der Waals surface area contributed by atoms with E-state index in [4.69, 9.17) is 21.1 Å². The fourth-order valence-electron chi connectivity index (χ4n) is 3.93. The molecular weight excluding hydrogens is 516 g/mol. The van der Waals surface area contributed by atoms with Gasteiger partial charge in [-0.05, 0) is 35.9 Å². The summed E-state index contributed by atoms with van der Waals surface area (Å²) in [7, 11) is 0. The van der Waals surface area contributed by atoms with E-state index in [-0.39, 0.29) is 18.0 Å². The molecule has 37 heavy (non-hydrogen) atoms. The van der Waals surface area contributed by atoms with Crippen LogP contribution in [0.2, 0.25) is 4.34 Å². The largest absolute Gasteiger partial charge is 0.486 e. The summed E-state index contributed by atoms with van der Waals surface area (Å²) in [5.41, 5.74) is 2.70. The number of aromatic nitrogens is 4. The Morgan fingerprint density at radius 2 is 1.97 bits per heavy atom. The summed E-state index contributed by atoms with van der Waals surface area (Å²) in [5.74, 6) is 0.0888. The van der Waals surface area contributed by atoms with Crippen molar-refractivity contribution in [1.82, 2.24) is 30.2 Å². The van der Waals surface area contributed by atoms with Crippen molar-refractivity contribution >= 4 is 28.8 Å². The number of morpholine rings is 1. The molecule has 0 aliphatic carbocycles. The predicted octanol–water partition coefficient (Wildman–Crippen LogP) is 2.98. The monoisotopic (exact) mass is 540 g/mol. The number of carbonyl (C=O) groups excluding carboxylic acids is 1. The zero-order chi connectivity index (χ0) is 25.6. The average Bonchev–Trinajstić information content (AvgIpc) is 3.58. The second-order valence-electron chi connectivity index (χ2n) is 8.34. The number of pyridine rings is 1. The molecule has 2 N–H and O–H groups in total. The van der Waals surface area contributed by atoms with Crippen molar-refractivity contribution in [2.45, 2.75) is 6.54 Å². The third kappa shape index (κ3) is 6.25.